The Bertz CT molecular complexity index is 82.4. The van der Waals surface area contributed by atoms with Gasteiger partial charge in [-0.2, -0.15) is 0 Å². The summed E-state index contributed by atoms with van der Waals surface area (Å²) in [5.41, 5.74) is 0.147. The van der Waals surface area contributed by atoms with E-state index in [0.717, 1.165) is 6.42 Å². The van der Waals surface area contributed by atoms with E-state index in [2.05, 4.69) is 20.8 Å². The first-order valence-electron chi connectivity index (χ1n) is 4.21. The van der Waals surface area contributed by atoms with Gasteiger partial charge in [0.05, 0.1) is 0 Å². The lowest BCUT2D eigenvalue weighted by atomic mass is 9.91. The first-order chi connectivity index (χ1) is 4.21. The molecule has 44 valence electrons. The van der Waals surface area contributed by atoms with Gasteiger partial charge in [0.25, 0.3) is 0 Å². The Morgan fingerprint density at radius 2 is 2.00 bits per heavy atom. The predicted molar refractivity (Wildman–Crippen MR) is 34.4 cm³/mol. The smallest absolute Gasteiger partial charge is 0.0230 e. The Morgan fingerprint density at radius 1 is 1.43 bits per heavy atom. The third-order valence-electron chi connectivity index (χ3n) is 0.875. The lowest BCUT2D eigenvalue weighted by Crippen LogP contribution is -2.02. The van der Waals surface area contributed by atoms with Crippen LogP contribution in [0.4, 0.5) is 0 Å². The molecule has 0 aromatic heterocycles. The summed E-state index contributed by atoms with van der Waals surface area (Å²) in [6.45, 7) is 4.42. The average molecular weight is 103 g/mol. The molecule has 0 rings (SSSR count). The zero-order valence-corrected chi connectivity index (χ0v) is 5.41. The summed E-state index contributed by atoms with van der Waals surface area (Å²) in [7, 11) is 0. The zero-order valence-electron chi connectivity index (χ0n) is 8.41. The van der Waals surface area contributed by atoms with Crippen LogP contribution in [0.3, 0.4) is 0 Å². The van der Waals surface area contributed by atoms with Gasteiger partial charge in [0.1, 0.15) is 0 Å². The van der Waals surface area contributed by atoms with Crippen molar-refractivity contribution in [3.63, 3.8) is 0 Å². The number of rotatable bonds is 1. The van der Waals surface area contributed by atoms with Crippen molar-refractivity contribution in [2.24, 2.45) is 5.41 Å². The van der Waals surface area contributed by atoms with Crippen molar-refractivity contribution in [2.75, 3.05) is 0 Å². The third-order valence-corrected chi connectivity index (χ3v) is 0.875. The fourth-order valence-corrected chi connectivity index (χ4v) is 0.375. The molecule has 0 N–H and O–H groups in total. The first-order valence-corrected chi connectivity index (χ1v) is 2.71. The molecule has 0 saturated carbocycles. The molecule has 0 aliphatic heterocycles. The largest absolute Gasteiger partial charge is 0.0654 e. The van der Waals surface area contributed by atoms with E-state index in [9.17, 15) is 0 Å². The standard InChI is InChI=1S/C7H16/c1-5-6-7(2,3)4/h5-6H2,1-4H3/i1D3. The minimum atomic E-state index is -1.74. The Hall–Kier alpha value is 0. The molecule has 0 heterocycles. The number of hydrogen-bond acceptors (Lipinski definition) is 0. The molecule has 0 spiro atoms. The van der Waals surface area contributed by atoms with E-state index in [1.54, 1.807) is 0 Å². The third kappa shape index (κ3) is 6.00. The molecule has 0 atom stereocenters. The highest BCUT2D eigenvalue weighted by molar-refractivity contribution is 4.58. The van der Waals surface area contributed by atoms with E-state index < -0.39 is 6.85 Å². The molecule has 0 aromatic carbocycles. The summed E-state index contributed by atoms with van der Waals surface area (Å²) in [5, 5.41) is 0. The van der Waals surface area contributed by atoms with Crippen LogP contribution in [0.2, 0.25) is 0 Å². The van der Waals surface area contributed by atoms with Gasteiger partial charge in [0, 0.05) is 4.11 Å². The molecule has 0 aromatic rings. The SMILES string of the molecule is [2H]C([2H])([2H])CCC(C)(C)C. The van der Waals surface area contributed by atoms with Crippen molar-refractivity contribution >= 4 is 0 Å². The fourth-order valence-electron chi connectivity index (χ4n) is 0.375. The van der Waals surface area contributed by atoms with Crippen LogP contribution < -0.4 is 0 Å². The summed E-state index contributed by atoms with van der Waals surface area (Å²) in [6.07, 6.45) is 1.10. The maximum Gasteiger partial charge on any atom is 0.0230 e. The Balaban J connectivity index is 3.56. The monoisotopic (exact) mass is 103 g/mol. The Kier molecular flexibility index (Phi) is 1.04. The van der Waals surface area contributed by atoms with Crippen molar-refractivity contribution in [3.8, 4) is 0 Å². The van der Waals surface area contributed by atoms with E-state index in [1.165, 1.54) is 0 Å². The molecule has 0 aliphatic carbocycles. The molecular weight excluding hydrogens is 84.1 g/mol. The highest BCUT2D eigenvalue weighted by Crippen LogP contribution is 2.19. The summed E-state index contributed by atoms with van der Waals surface area (Å²) in [4.78, 5) is 0. The second-order valence-corrected chi connectivity index (χ2v) is 3.06. The number of hydrogen-bond donors (Lipinski definition) is 0. The topological polar surface area (TPSA) is 0 Å². The lowest BCUT2D eigenvalue weighted by molar-refractivity contribution is 0.373. The molecule has 0 saturated heterocycles. The van der Waals surface area contributed by atoms with Crippen molar-refractivity contribution in [1.82, 2.24) is 0 Å². The molecule has 7 heavy (non-hydrogen) atoms. The van der Waals surface area contributed by atoms with Crippen LogP contribution >= 0.6 is 0 Å². The van der Waals surface area contributed by atoms with Gasteiger partial charge in [-0.3, -0.25) is 0 Å². The molecule has 0 radical (unpaired) electrons. The van der Waals surface area contributed by atoms with Crippen LogP contribution in [0.15, 0.2) is 0 Å². The van der Waals surface area contributed by atoms with E-state index in [1.807, 2.05) is 0 Å². The van der Waals surface area contributed by atoms with Gasteiger partial charge in [0.2, 0.25) is 0 Å². The average Bonchev–Trinajstić information content (AvgIpc) is 1.57. The van der Waals surface area contributed by atoms with Crippen LogP contribution in [-0.2, 0) is 0 Å². The Labute approximate surface area is 51.1 Å². The van der Waals surface area contributed by atoms with Gasteiger partial charge in [0.15, 0.2) is 0 Å². The van der Waals surface area contributed by atoms with Crippen molar-refractivity contribution in [3.05, 3.63) is 0 Å². The molecule has 0 nitrogen and oxygen atoms in total. The molecular formula is C7H16. The van der Waals surface area contributed by atoms with Gasteiger partial charge in [-0.25, -0.2) is 0 Å². The van der Waals surface area contributed by atoms with E-state index >= 15 is 0 Å². The normalized spacial score (nSPS) is 20.1. The second-order valence-electron chi connectivity index (χ2n) is 3.06. The van der Waals surface area contributed by atoms with Crippen LogP contribution in [-0.4, -0.2) is 0 Å². The maximum absolute atomic E-state index is 6.95. The minimum absolute atomic E-state index is 0.147. The first kappa shape index (κ1) is 3.11. The Morgan fingerprint density at radius 3 is 2.14 bits per heavy atom. The fraction of sp³-hybridized carbons (Fsp3) is 1.00. The second kappa shape index (κ2) is 2.34. The van der Waals surface area contributed by atoms with Crippen LogP contribution in [0, 0.1) is 5.41 Å². The van der Waals surface area contributed by atoms with Crippen LogP contribution in [0.1, 0.15) is 44.6 Å². The molecule has 0 bridgehead atoms. The predicted octanol–water partition coefficient (Wildman–Crippen LogP) is 2.83. The van der Waals surface area contributed by atoms with Crippen molar-refractivity contribution in [1.29, 1.82) is 0 Å². The summed E-state index contributed by atoms with van der Waals surface area (Å²) in [5.74, 6) is 0. The van der Waals surface area contributed by atoms with E-state index in [4.69, 9.17) is 4.11 Å². The summed E-state index contributed by atoms with van der Waals surface area (Å²) >= 11 is 0. The maximum atomic E-state index is 6.95. The van der Waals surface area contributed by atoms with Gasteiger partial charge >= 0.3 is 0 Å². The van der Waals surface area contributed by atoms with Gasteiger partial charge in [-0.15, -0.1) is 0 Å². The van der Waals surface area contributed by atoms with E-state index in [0.29, 0.717) is 6.42 Å². The van der Waals surface area contributed by atoms with Gasteiger partial charge < -0.3 is 0 Å². The van der Waals surface area contributed by atoms with Crippen molar-refractivity contribution < 1.29 is 4.11 Å². The highest BCUT2D eigenvalue weighted by Gasteiger charge is 2.06. The molecule has 0 heteroatoms. The molecule has 0 aliphatic rings. The lowest BCUT2D eigenvalue weighted by Gasteiger charge is -2.15. The summed E-state index contributed by atoms with van der Waals surface area (Å²) in [6, 6.07) is 0. The zero-order chi connectivity index (χ0) is 8.41. The highest BCUT2D eigenvalue weighted by atomic mass is 14.1. The minimum Gasteiger partial charge on any atom is -0.0654 e. The van der Waals surface area contributed by atoms with Gasteiger partial charge in [-0.1, -0.05) is 34.0 Å². The van der Waals surface area contributed by atoms with Crippen LogP contribution in [0.25, 0.3) is 0 Å². The van der Waals surface area contributed by atoms with Crippen molar-refractivity contribution in [2.45, 2.75) is 40.5 Å². The molecule has 0 unspecified atom stereocenters. The summed E-state index contributed by atoms with van der Waals surface area (Å²) < 4.78 is 20.8. The quantitative estimate of drug-likeness (QED) is 0.478. The van der Waals surface area contributed by atoms with Crippen LogP contribution in [0.5, 0.6) is 0 Å². The molecule has 0 fully saturated rings. The van der Waals surface area contributed by atoms with Gasteiger partial charge in [-0.05, 0) is 11.8 Å². The van der Waals surface area contributed by atoms with E-state index in [-0.39, 0.29) is 5.41 Å². The molecule has 0 amide bonds.